The maximum absolute atomic E-state index is 12.1. The summed E-state index contributed by atoms with van der Waals surface area (Å²) in [7, 11) is 0. The maximum atomic E-state index is 12.1. The lowest BCUT2D eigenvalue weighted by atomic mass is 10.2. The van der Waals surface area contributed by atoms with Crippen molar-refractivity contribution < 1.29 is 14.8 Å². The number of aromatic nitrogens is 1. The normalized spacial score (nSPS) is 10.2. The number of carbonyl (C=O) groups is 1. The number of phenolic OH excluding ortho intramolecular Hbond substituents is 1. The molecule has 0 atom stereocenters. The molecular weight excluding hydrogens is 366 g/mol. The Hall–Kier alpha value is -2.19. The number of anilines is 1. The van der Waals surface area contributed by atoms with E-state index in [1.165, 1.54) is 24.4 Å². The molecule has 108 valence electrons. The predicted molar refractivity (Wildman–Crippen MR) is 79.7 cm³/mol. The Labute approximate surface area is 131 Å². The molecule has 1 aromatic carbocycles. The first-order valence-corrected chi connectivity index (χ1v) is 6.66. The van der Waals surface area contributed by atoms with Crippen molar-refractivity contribution in [3.05, 3.63) is 55.8 Å². The number of para-hydroxylation sites is 1. The van der Waals surface area contributed by atoms with Gasteiger partial charge in [-0.2, -0.15) is 0 Å². The van der Waals surface area contributed by atoms with Crippen molar-refractivity contribution in [2.45, 2.75) is 0 Å². The fraction of sp³-hybridized carbons (Fsp3) is 0. The Morgan fingerprint density at radius 3 is 2.86 bits per heavy atom. The van der Waals surface area contributed by atoms with Crippen LogP contribution in [0.2, 0.25) is 5.15 Å². The molecule has 2 N–H and O–H groups in total. The van der Waals surface area contributed by atoms with Gasteiger partial charge >= 0.3 is 0 Å². The van der Waals surface area contributed by atoms with Crippen LogP contribution in [0, 0.1) is 10.1 Å². The Morgan fingerprint density at radius 1 is 1.48 bits per heavy atom. The lowest BCUT2D eigenvalue weighted by Crippen LogP contribution is -2.14. The van der Waals surface area contributed by atoms with Gasteiger partial charge in [0, 0.05) is 16.7 Å². The fourth-order valence-electron chi connectivity index (χ4n) is 1.57. The number of hydrogen-bond acceptors (Lipinski definition) is 5. The van der Waals surface area contributed by atoms with Gasteiger partial charge in [0.05, 0.1) is 10.5 Å². The zero-order valence-corrected chi connectivity index (χ0v) is 12.6. The predicted octanol–water partition coefficient (Wildman–Crippen LogP) is 3.36. The molecule has 1 amide bonds. The molecule has 0 aliphatic carbocycles. The van der Waals surface area contributed by atoms with E-state index < -0.39 is 22.3 Å². The zero-order valence-electron chi connectivity index (χ0n) is 10.2. The number of pyridine rings is 1. The Balaban J connectivity index is 2.41. The number of halogens is 2. The molecule has 21 heavy (non-hydrogen) atoms. The van der Waals surface area contributed by atoms with Gasteiger partial charge in [0.1, 0.15) is 10.9 Å². The zero-order chi connectivity index (χ0) is 15.6. The van der Waals surface area contributed by atoms with Crippen molar-refractivity contribution in [1.82, 2.24) is 4.98 Å². The Bertz CT molecular complexity index is 738. The monoisotopic (exact) mass is 371 g/mol. The van der Waals surface area contributed by atoms with Gasteiger partial charge in [0.2, 0.25) is 0 Å². The summed E-state index contributed by atoms with van der Waals surface area (Å²) in [5.41, 5.74) is -0.713. The summed E-state index contributed by atoms with van der Waals surface area (Å²) in [5, 5.41) is 22.8. The van der Waals surface area contributed by atoms with E-state index in [0.29, 0.717) is 4.47 Å². The van der Waals surface area contributed by atoms with Crippen molar-refractivity contribution in [2.24, 2.45) is 0 Å². The largest absolute Gasteiger partial charge is 0.505 e. The highest BCUT2D eigenvalue weighted by molar-refractivity contribution is 9.10. The van der Waals surface area contributed by atoms with Gasteiger partial charge in [0.25, 0.3) is 11.6 Å². The van der Waals surface area contributed by atoms with Gasteiger partial charge in [-0.25, -0.2) is 4.98 Å². The second-order valence-electron chi connectivity index (χ2n) is 3.87. The third-order valence-corrected chi connectivity index (χ3v) is 3.24. The molecule has 9 heteroatoms. The number of nitro groups is 1. The van der Waals surface area contributed by atoms with Crippen LogP contribution in [0.1, 0.15) is 10.4 Å². The molecule has 0 fully saturated rings. The smallest absolute Gasteiger partial charge is 0.296 e. The van der Waals surface area contributed by atoms with Crippen molar-refractivity contribution in [3.8, 4) is 5.75 Å². The van der Waals surface area contributed by atoms with Crippen molar-refractivity contribution in [1.29, 1.82) is 0 Å². The van der Waals surface area contributed by atoms with E-state index >= 15 is 0 Å². The highest BCUT2D eigenvalue weighted by Gasteiger charge is 2.21. The molecule has 7 nitrogen and oxygen atoms in total. The fourth-order valence-corrected chi connectivity index (χ4v) is 2.09. The Kier molecular flexibility index (Phi) is 4.39. The van der Waals surface area contributed by atoms with Crippen LogP contribution in [0.25, 0.3) is 0 Å². The molecule has 0 radical (unpaired) electrons. The van der Waals surface area contributed by atoms with E-state index in [1.807, 2.05) is 0 Å². The summed E-state index contributed by atoms with van der Waals surface area (Å²) in [4.78, 5) is 26.1. The number of aromatic hydroxyl groups is 1. The summed E-state index contributed by atoms with van der Waals surface area (Å²) < 4.78 is 0.517. The van der Waals surface area contributed by atoms with E-state index in [2.05, 4.69) is 26.2 Å². The molecule has 0 saturated heterocycles. The summed E-state index contributed by atoms with van der Waals surface area (Å²) in [6, 6.07) is 5.10. The minimum Gasteiger partial charge on any atom is -0.505 e. The molecule has 2 aromatic rings. The first kappa shape index (κ1) is 15.2. The summed E-state index contributed by atoms with van der Waals surface area (Å²) in [6.45, 7) is 0. The number of hydrogen-bond donors (Lipinski definition) is 2. The first-order valence-electron chi connectivity index (χ1n) is 5.49. The molecular formula is C12H7BrClN3O4. The van der Waals surface area contributed by atoms with Gasteiger partial charge in [0.15, 0.2) is 5.69 Å². The van der Waals surface area contributed by atoms with Crippen molar-refractivity contribution >= 4 is 44.8 Å². The minimum absolute atomic E-state index is 0.0172. The number of carbonyl (C=O) groups excluding carboxylic acids is 1. The summed E-state index contributed by atoms with van der Waals surface area (Å²) in [5.74, 6) is -1.14. The van der Waals surface area contributed by atoms with E-state index in [9.17, 15) is 20.0 Å². The standard InChI is InChI=1S/C12H7BrClN3O4/c13-6-4-7(11(14)15-5-6)12(19)16-10-8(17(20)21)2-1-3-9(10)18/h1-5,18H,(H,16,19). The van der Waals surface area contributed by atoms with Crippen LogP contribution >= 0.6 is 27.5 Å². The third-order valence-electron chi connectivity index (χ3n) is 2.51. The second-order valence-corrected chi connectivity index (χ2v) is 5.15. The average molecular weight is 373 g/mol. The molecule has 1 heterocycles. The lowest BCUT2D eigenvalue weighted by Gasteiger charge is -2.08. The van der Waals surface area contributed by atoms with Gasteiger partial charge in [-0.05, 0) is 28.1 Å². The number of nitrogens with zero attached hydrogens (tertiary/aromatic N) is 2. The highest BCUT2D eigenvalue weighted by atomic mass is 79.9. The quantitative estimate of drug-likeness (QED) is 0.372. The highest BCUT2D eigenvalue weighted by Crippen LogP contribution is 2.33. The molecule has 0 spiro atoms. The molecule has 0 unspecified atom stereocenters. The molecule has 0 aliphatic heterocycles. The van der Waals surface area contributed by atoms with Crippen LogP contribution in [0.5, 0.6) is 5.75 Å². The number of rotatable bonds is 3. The van der Waals surface area contributed by atoms with Gasteiger partial charge < -0.3 is 10.4 Å². The molecule has 0 saturated carbocycles. The van der Waals surface area contributed by atoms with E-state index in [4.69, 9.17) is 11.6 Å². The van der Waals surface area contributed by atoms with Crippen LogP contribution in [0.4, 0.5) is 11.4 Å². The van der Waals surface area contributed by atoms with Crippen LogP contribution in [-0.4, -0.2) is 20.9 Å². The topological polar surface area (TPSA) is 105 Å². The number of amides is 1. The summed E-state index contributed by atoms with van der Waals surface area (Å²) in [6.07, 6.45) is 1.40. The molecule has 1 aromatic heterocycles. The van der Waals surface area contributed by atoms with Gasteiger partial charge in [-0.15, -0.1) is 0 Å². The van der Waals surface area contributed by atoms with Gasteiger partial charge in [-0.3, -0.25) is 14.9 Å². The second kappa shape index (κ2) is 6.06. The lowest BCUT2D eigenvalue weighted by molar-refractivity contribution is -0.384. The van der Waals surface area contributed by atoms with Crippen molar-refractivity contribution in [2.75, 3.05) is 5.32 Å². The number of nitrogens with one attached hydrogen (secondary N) is 1. The van der Waals surface area contributed by atoms with E-state index in [1.54, 1.807) is 0 Å². The SMILES string of the molecule is O=C(Nc1c(O)cccc1[N+](=O)[O-])c1cc(Br)cnc1Cl. The molecule has 0 aliphatic rings. The van der Waals surface area contributed by atoms with Crippen LogP contribution < -0.4 is 5.32 Å². The third kappa shape index (κ3) is 3.29. The molecule has 0 bridgehead atoms. The molecule has 2 rings (SSSR count). The number of nitro benzene ring substituents is 1. The summed E-state index contributed by atoms with van der Waals surface area (Å²) >= 11 is 8.95. The van der Waals surface area contributed by atoms with Crippen molar-refractivity contribution in [3.63, 3.8) is 0 Å². The first-order chi connectivity index (χ1) is 9.90. The van der Waals surface area contributed by atoms with E-state index in [0.717, 1.165) is 6.07 Å². The van der Waals surface area contributed by atoms with E-state index in [-0.39, 0.29) is 16.4 Å². The Morgan fingerprint density at radius 2 is 2.19 bits per heavy atom. The minimum atomic E-state index is -0.724. The maximum Gasteiger partial charge on any atom is 0.296 e. The van der Waals surface area contributed by atoms with Crippen LogP contribution in [-0.2, 0) is 0 Å². The number of phenols is 1. The van der Waals surface area contributed by atoms with Crippen LogP contribution in [0.15, 0.2) is 34.9 Å². The van der Waals surface area contributed by atoms with Crippen LogP contribution in [0.3, 0.4) is 0 Å². The average Bonchev–Trinajstić information content (AvgIpc) is 2.43. The number of benzene rings is 1. The van der Waals surface area contributed by atoms with Gasteiger partial charge in [-0.1, -0.05) is 17.7 Å².